The zero-order valence-corrected chi connectivity index (χ0v) is 12.0. The second kappa shape index (κ2) is 9.04. The molecule has 0 radical (unpaired) electrons. The van der Waals surface area contributed by atoms with E-state index in [9.17, 15) is 0 Å². The van der Waals surface area contributed by atoms with Gasteiger partial charge < -0.3 is 0 Å². The molecule has 0 aliphatic rings. The molecule has 2 aromatic carbocycles. The van der Waals surface area contributed by atoms with Crippen LogP contribution in [0.15, 0.2) is 66.2 Å². The molecule has 18 heavy (non-hydrogen) atoms. The minimum absolute atomic E-state index is 0.194. The molecule has 0 N–H and O–H groups in total. The summed E-state index contributed by atoms with van der Waals surface area (Å²) in [5.41, 5.74) is 4.96. The van der Waals surface area contributed by atoms with Crippen LogP contribution in [0.4, 0.5) is 0 Å². The van der Waals surface area contributed by atoms with Gasteiger partial charge in [0.15, 0.2) is 0 Å². The SMILES string of the molecule is ClC=C(c1ccccc1)c1ccccc1.ClCCl. The van der Waals surface area contributed by atoms with E-state index in [2.05, 4.69) is 24.3 Å². The highest BCUT2D eigenvalue weighted by Gasteiger charge is 2.02. The fraction of sp³-hybridized carbons (Fsp3) is 0.0667. The molecule has 2 aromatic rings. The van der Waals surface area contributed by atoms with Crippen LogP contribution in [0.2, 0.25) is 0 Å². The van der Waals surface area contributed by atoms with Crippen LogP contribution in [-0.4, -0.2) is 5.34 Å². The van der Waals surface area contributed by atoms with Crippen molar-refractivity contribution in [3.8, 4) is 0 Å². The van der Waals surface area contributed by atoms with Crippen LogP contribution in [-0.2, 0) is 0 Å². The Morgan fingerprint density at radius 3 is 1.39 bits per heavy atom. The summed E-state index contributed by atoms with van der Waals surface area (Å²) in [6.45, 7) is 0. The van der Waals surface area contributed by atoms with E-state index in [1.54, 1.807) is 5.54 Å². The molecule has 0 aliphatic heterocycles. The van der Waals surface area contributed by atoms with Crippen molar-refractivity contribution in [3.05, 3.63) is 77.3 Å². The molecule has 0 saturated carbocycles. The van der Waals surface area contributed by atoms with Crippen molar-refractivity contribution in [2.24, 2.45) is 0 Å². The lowest BCUT2D eigenvalue weighted by atomic mass is 10.00. The molecule has 0 nitrogen and oxygen atoms in total. The molecule has 0 fully saturated rings. The molecule has 0 aliphatic carbocycles. The summed E-state index contributed by atoms with van der Waals surface area (Å²) in [6.07, 6.45) is 0. The van der Waals surface area contributed by atoms with Gasteiger partial charge in [0.25, 0.3) is 0 Å². The number of hydrogen-bond donors (Lipinski definition) is 0. The first kappa shape index (κ1) is 15.1. The largest absolute Gasteiger partial charge is 0.109 e. The van der Waals surface area contributed by atoms with Gasteiger partial charge in [0, 0.05) is 11.1 Å². The Kier molecular flexibility index (Phi) is 7.59. The van der Waals surface area contributed by atoms with E-state index in [0.29, 0.717) is 0 Å². The van der Waals surface area contributed by atoms with Gasteiger partial charge in [0.05, 0.1) is 5.34 Å². The van der Waals surface area contributed by atoms with Crippen LogP contribution in [0.5, 0.6) is 0 Å². The van der Waals surface area contributed by atoms with Crippen LogP contribution >= 0.6 is 34.8 Å². The Labute approximate surface area is 123 Å². The lowest BCUT2D eigenvalue weighted by Gasteiger charge is -2.06. The first-order valence-electron chi connectivity index (χ1n) is 5.36. The van der Waals surface area contributed by atoms with Crippen molar-refractivity contribution in [1.82, 2.24) is 0 Å². The van der Waals surface area contributed by atoms with Gasteiger partial charge in [0.2, 0.25) is 0 Å². The standard InChI is InChI=1S/C14H11Cl.CH2Cl2/c15-11-14(12-7-3-1-4-8-12)13-9-5-2-6-10-13;2-1-3/h1-11H;1H2. The average Bonchev–Trinajstić information content (AvgIpc) is 2.43. The van der Waals surface area contributed by atoms with Crippen LogP contribution < -0.4 is 0 Å². The van der Waals surface area contributed by atoms with Crippen molar-refractivity contribution in [2.75, 3.05) is 5.34 Å². The van der Waals surface area contributed by atoms with Gasteiger partial charge in [-0.15, -0.1) is 23.2 Å². The molecule has 0 aromatic heterocycles. The second-order valence-corrected chi connectivity index (χ2v) is 4.38. The van der Waals surface area contributed by atoms with Crippen molar-refractivity contribution in [2.45, 2.75) is 0 Å². The normalized spacial score (nSPS) is 9.06. The summed E-state index contributed by atoms with van der Waals surface area (Å²) in [4.78, 5) is 0. The monoisotopic (exact) mass is 298 g/mol. The predicted octanol–water partition coefficient (Wildman–Crippen LogP) is 5.74. The van der Waals surface area contributed by atoms with Gasteiger partial charge in [-0.1, -0.05) is 72.3 Å². The molecule has 0 heterocycles. The first-order valence-corrected chi connectivity index (χ1v) is 6.87. The van der Waals surface area contributed by atoms with E-state index in [1.165, 1.54) is 0 Å². The maximum atomic E-state index is 5.87. The van der Waals surface area contributed by atoms with E-state index in [4.69, 9.17) is 34.8 Å². The molecular formula is C15H13Cl3. The smallest absolute Gasteiger partial charge is 0.0967 e. The number of alkyl halides is 2. The predicted molar refractivity (Wildman–Crippen MR) is 82.4 cm³/mol. The minimum Gasteiger partial charge on any atom is -0.109 e. The van der Waals surface area contributed by atoms with Gasteiger partial charge >= 0.3 is 0 Å². The van der Waals surface area contributed by atoms with Gasteiger partial charge in [-0.25, -0.2) is 0 Å². The molecule has 3 heteroatoms. The molecule has 0 amide bonds. The van der Waals surface area contributed by atoms with Gasteiger partial charge in [-0.05, 0) is 11.1 Å². The lowest BCUT2D eigenvalue weighted by molar-refractivity contribution is 1.55. The summed E-state index contributed by atoms with van der Waals surface area (Å²) in [6, 6.07) is 20.3. The van der Waals surface area contributed by atoms with Crippen LogP contribution in [0.1, 0.15) is 11.1 Å². The fourth-order valence-electron chi connectivity index (χ4n) is 1.53. The van der Waals surface area contributed by atoms with E-state index < -0.39 is 0 Å². The highest BCUT2D eigenvalue weighted by atomic mass is 35.5. The Morgan fingerprint density at radius 2 is 1.11 bits per heavy atom. The Hall–Kier alpha value is -0.950. The van der Waals surface area contributed by atoms with Crippen LogP contribution in [0.25, 0.3) is 5.57 Å². The number of rotatable bonds is 2. The van der Waals surface area contributed by atoms with Crippen molar-refractivity contribution < 1.29 is 0 Å². The quantitative estimate of drug-likeness (QED) is 0.621. The first-order chi connectivity index (χ1) is 8.83. The highest BCUT2D eigenvalue weighted by Crippen LogP contribution is 2.23. The fourth-order valence-corrected chi connectivity index (χ4v) is 1.78. The molecule has 0 bridgehead atoms. The highest BCUT2D eigenvalue weighted by molar-refractivity contribution is 6.40. The maximum Gasteiger partial charge on any atom is 0.0967 e. The number of benzene rings is 2. The molecular weight excluding hydrogens is 287 g/mol. The molecule has 94 valence electrons. The average molecular weight is 300 g/mol. The Morgan fingerprint density at radius 1 is 0.778 bits per heavy atom. The zero-order valence-electron chi connectivity index (χ0n) is 9.69. The third-order valence-electron chi connectivity index (χ3n) is 2.28. The Bertz CT molecular complexity index is 422. The van der Waals surface area contributed by atoms with E-state index in [-0.39, 0.29) is 5.34 Å². The van der Waals surface area contributed by atoms with Gasteiger partial charge in [-0.3, -0.25) is 0 Å². The lowest BCUT2D eigenvalue weighted by Crippen LogP contribution is -1.85. The third kappa shape index (κ3) is 4.73. The van der Waals surface area contributed by atoms with Crippen molar-refractivity contribution in [3.63, 3.8) is 0 Å². The van der Waals surface area contributed by atoms with E-state index in [1.807, 2.05) is 36.4 Å². The summed E-state index contributed by atoms with van der Waals surface area (Å²) in [5, 5.41) is 0.194. The number of hydrogen-bond acceptors (Lipinski definition) is 0. The maximum absolute atomic E-state index is 5.87. The summed E-state index contributed by atoms with van der Waals surface area (Å²) in [5.74, 6) is 0. The van der Waals surface area contributed by atoms with E-state index >= 15 is 0 Å². The summed E-state index contributed by atoms with van der Waals surface area (Å²) < 4.78 is 0. The third-order valence-corrected chi connectivity index (χ3v) is 2.50. The molecule has 0 saturated heterocycles. The minimum atomic E-state index is 0.194. The molecule has 0 unspecified atom stereocenters. The van der Waals surface area contributed by atoms with Gasteiger partial charge in [0.1, 0.15) is 0 Å². The molecule has 0 spiro atoms. The van der Waals surface area contributed by atoms with Crippen LogP contribution in [0, 0.1) is 0 Å². The second-order valence-electron chi connectivity index (χ2n) is 3.36. The topological polar surface area (TPSA) is 0 Å². The summed E-state index contributed by atoms with van der Waals surface area (Å²) in [7, 11) is 0. The zero-order chi connectivity index (χ0) is 13.2. The van der Waals surface area contributed by atoms with Crippen LogP contribution in [0.3, 0.4) is 0 Å². The Balaban J connectivity index is 0.000000492. The van der Waals surface area contributed by atoms with Gasteiger partial charge in [-0.2, -0.15) is 0 Å². The van der Waals surface area contributed by atoms with E-state index in [0.717, 1.165) is 16.7 Å². The van der Waals surface area contributed by atoms with Crippen molar-refractivity contribution in [1.29, 1.82) is 0 Å². The summed E-state index contributed by atoms with van der Waals surface area (Å²) >= 11 is 15.4. The molecule has 0 atom stereocenters. The van der Waals surface area contributed by atoms with Crippen molar-refractivity contribution >= 4 is 40.4 Å². The molecule has 2 rings (SSSR count). The number of halogens is 3.